The normalized spacial score (nSPS) is 20.2. The predicted octanol–water partition coefficient (Wildman–Crippen LogP) is 3.03. The molecular weight excluding hydrogens is 322 g/mol. The molecule has 1 fully saturated rings. The summed E-state index contributed by atoms with van der Waals surface area (Å²) in [6, 6.07) is 7.60. The van der Waals surface area contributed by atoms with E-state index in [-0.39, 0.29) is 17.7 Å². The maximum atomic E-state index is 12.4. The van der Waals surface area contributed by atoms with Crippen molar-refractivity contribution in [2.45, 2.75) is 18.8 Å². The summed E-state index contributed by atoms with van der Waals surface area (Å²) in [5, 5.41) is 3.84. The number of nitrogens with one attached hydrogen (secondary N) is 1. The van der Waals surface area contributed by atoms with Gasteiger partial charge in [-0.15, -0.1) is 0 Å². The summed E-state index contributed by atoms with van der Waals surface area (Å²) in [4.78, 5) is 27.7. The number of hydrogen-bond donors (Lipinski definition) is 2. The lowest BCUT2D eigenvalue weighted by Crippen LogP contribution is -2.35. The average Bonchev–Trinajstić information content (AvgIpc) is 2.88. The zero-order chi connectivity index (χ0) is 15.7. The van der Waals surface area contributed by atoms with Crippen molar-refractivity contribution in [3.8, 4) is 0 Å². The number of carbonyl (C=O) groups is 2. The number of benzene rings is 1. The molecule has 3 rings (SSSR count). The average molecular weight is 336 g/mol. The van der Waals surface area contributed by atoms with Crippen LogP contribution in [0, 0.1) is 5.92 Å². The minimum atomic E-state index is -0.546. The van der Waals surface area contributed by atoms with Crippen molar-refractivity contribution in [2.24, 2.45) is 11.7 Å². The summed E-state index contributed by atoms with van der Waals surface area (Å²) in [6.45, 7) is 0. The molecular formula is C15H14ClN3O2S. The van der Waals surface area contributed by atoms with Gasteiger partial charge in [-0.25, -0.2) is 4.98 Å². The molecule has 3 N–H and O–H groups in total. The van der Waals surface area contributed by atoms with Crippen LogP contribution in [0.3, 0.4) is 0 Å². The second-order valence-electron chi connectivity index (χ2n) is 5.20. The molecule has 1 aromatic heterocycles. The zero-order valence-electron chi connectivity index (χ0n) is 11.6. The first kappa shape index (κ1) is 15.0. The lowest BCUT2D eigenvalue weighted by atomic mass is 9.69. The highest BCUT2D eigenvalue weighted by Crippen LogP contribution is 2.45. The summed E-state index contributed by atoms with van der Waals surface area (Å²) < 4.78 is 0. The summed E-state index contributed by atoms with van der Waals surface area (Å²) >= 11 is 7.28. The molecule has 0 saturated heterocycles. The summed E-state index contributed by atoms with van der Waals surface area (Å²) in [6.07, 6.45) is 3.12. The molecule has 1 aliphatic carbocycles. The van der Waals surface area contributed by atoms with Gasteiger partial charge in [0, 0.05) is 10.9 Å². The van der Waals surface area contributed by atoms with Gasteiger partial charge in [-0.1, -0.05) is 41.1 Å². The minimum Gasteiger partial charge on any atom is -0.365 e. The van der Waals surface area contributed by atoms with E-state index < -0.39 is 5.91 Å². The fourth-order valence-electron chi connectivity index (χ4n) is 2.61. The smallest absolute Gasteiger partial charge is 0.260 e. The van der Waals surface area contributed by atoms with Crippen molar-refractivity contribution in [2.75, 3.05) is 5.32 Å². The summed E-state index contributed by atoms with van der Waals surface area (Å²) in [5.41, 5.74) is 6.18. The van der Waals surface area contributed by atoms with Crippen LogP contribution in [0.15, 0.2) is 30.5 Å². The third-order valence-corrected chi connectivity index (χ3v) is 5.17. The first-order chi connectivity index (χ1) is 10.6. The Morgan fingerprint density at radius 3 is 2.68 bits per heavy atom. The van der Waals surface area contributed by atoms with Crippen molar-refractivity contribution in [3.05, 3.63) is 45.9 Å². The molecule has 1 heterocycles. The van der Waals surface area contributed by atoms with Crippen molar-refractivity contribution in [3.63, 3.8) is 0 Å². The van der Waals surface area contributed by atoms with Crippen LogP contribution in [0.4, 0.5) is 5.13 Å². The van der Waals surface area contributed by atoms with Gasteiger partial charge in [0.15, 0.2) is 5.13 Å². The topological polar surface area (TPSA) is 85.1 Å². The highest BCUT2D eigenvalue weighted by atomic mass is 35.5. The molecule has 1 saturated carbocycles. The van der Waals surface area contributed by atoms with Crippen LogP contribution in [0.5, 0.6) is 0 Å². The molecule has 22 heavy (non-hydrogen) atoms. The van der Waals surface area contributed by atoms with E-state index in [2.05, 4.69) is 10.3 Å². The van der Waals surface area contributed by atoms with Gasteiger partial charge < -0.3 is 11.1 Å². The molecule has 114 valence electrons. The Morgan fingerprint density at radius 1 is 1.32 bits per heavy atom. The quantitative estimate of drug-likeness (QED) is 0.900. The number of nitrogens with two attached hydrogens (primary N) is 1. The van der Waals surface area contributed by atoms with Gasteiger partial charge in [0.25, 0.3) is 5.91 Å². The van der Waals surface area contributed by atoms with Gasteiger partial charge in [0.05, 0.1) is 6.20 Å². The molecule has 1 aromatic carbocycles. The SMILES string of the molecule is NC(=O)c1cnc(NC(=O)C2CCC2c2ccccc2Cl)s1. The molecule has 2 amide bonds. The number of carbonyl (C=O) groups excluding carboxylic acids is 2. The first-order valence-corrected chi connectivity index (χ1v) is 8.06. The van der Waals surface area contributed by atoms with Crippen LogP contribution in [0.2, 0.25) is 5.02 Å². The lowest BCUT2D eigenvalue weighted by molar-refractivity contribution is -0.123. The fraction of sp³-hybridized carbons (Fsp3) is 0.267. The maximum absolute atomic E-state index is 12.4. The summed E-state index contributed by atoms with van der Waals surface area (Å²) in [7, 11) is 0. The number of nitrogens with zero attached hydrogens (tertiary/aromatic N) is 1. The number of amides is 2. The molecule has 0 bridgehead atoms. The number of rotatable bonds is 4. The Kier molecular flexibility index (Phi) is 4.13. The number of hydrogen-bond acceptors (Lipinski definition) is 4. The predicted molar refractivity (Wildman–Crippen MR) is 86.2 cm³/mol. The second kappa shape index (κ2) is 6.06. The van der Waals surface area contributed by atoms with Gasteiger partial charge >= 0.3 is 0 Å². The Bertz CT molecular complexity index is 731. The summed E-state index contributed by atoms with van der Waals surface area (Å²) in [5.74, 6) is -0.637. The molecule has 2 unspecified atom stereocenters. The van der Waals surface area contributed by atoms with Crippen LogP contribution in [0.1, 0.15) is 34.0 Å². The number of primary amides is 1. The van der Waals surface area contributed by atoms with E-state index in [1.54, 1.807) is 0 Å². The van der Waals surface area contributed by atoms with E-state index in [0.29, 0.717) is 15.0 Å². The fourth-order valence-corrected chi connectivity index (χ4v) is 3.55. The largest absolute Gasteiger partial charge is 0.365 e. The van der Waals surface area contributed by atoms with E-state index in [1.165, 1.54) is 6.20 Å². The third-order valence-electron chi connectivity index (χ3n) is 3.89. The Labute approximate surface area is 136 Å². The molecule has 2 atom stereocenters. The third kappa shape index (κ3) is 2.84. The first-order valence-electron chi connectivity index (χ1n) is 6.87. The van der Waals surface area contributed by atoms with E-state index in [1.807, 2.05) is 24.3 Å². The van der Waals surface area contributed by atoms with Crippen molar-refractivity contribution in [1.82, 2.24) is 4.98 Å². The van der Waals surface area contributed by atoms with Crippen LogP contribution in [-0.2, 0) is 4.79 Å². The molecule has 7 heteroatoms. The van der Waals surface area contributed by atoms with Crippen molar-refractivity contribution in [1.29, 1.82) is 0 Å². The van der Waals surface area contributed by atoms with Gasteiger partial charge in [-0.3, -0.25) is 9.59 Å². The minimum absolute atomic E-state index is 0.0958. The van der Waals surface area contributed by atoms with Gasteiger partial charge in [-0.2, -0.15) is 0 Å². The van der Waals surface area contributed by atoms with Gasteiger partial charge in [0.1, 0.15) is 4.88 Å². The highest BCUT2D eigenvalue weighted by Gasteiger charge is 2.38. The monoisotopic (exact) mass is 335 g/mol. The number of aromatic nitrogens is 1. The van der Waals surface area contributed by atoms with E-state index >= 15 is 0 Å². The van der Waals surface area contributed by atoms with Crippen LogP contribution < -0.4 is 11.1 Å². The molecule has 0 spiro atoms. The standard InChI is InChI=1S/C15H14ClN3O2S/c16-11-4-2-1-3-9(11)8-5-6-10(8)14(21)19-15-18-7-12(22-15)13(17)20/h1-4,7-8,10H,5-6H2,(H2,17,20)(H,18,19,21). The van der Waals surface area contributed by atoms with Crippen molar-refractivity contribution < 1.29 is 9.59 Å². The molecule has 1 aliphatic rings. The molecule has 2 aromatic rings. The van der Waals surface area contributed by atoms with Crippen LogP contribution in [-0.4, -0.2) is 16.8 Å². The van der Waals surface area contributed by atoms with Crippen molar-refractivity contribution >= 4 is 39.9 Å². The highest BCUT2D eigenvalue weighted by molar-refractivity contribution is 7.17. The number of halogens is 1. The van der Waals surface area contributed by atoms with E-state index in [0.717, 1.165) is 29.7 Å². The zero-order valence-corrected chi connectivity index (χ0v) is 13.2. The number of thiazole rings is 1. The Morgan fingerprint density at radius 2 is 2.09 bits per heavy atom. The Hall–Kier alpha value is -1.92. The number of anilines is 1. The van der Waals surface area contributed by atoms with Gasteiger partial charge in [-0.05, 0) is 30.4 Å². The molecule has 0 radical (unpaired) electrons. The maximum Gasteiger partial charge on any atom is 0.260 e. The Balaban J connectivity index is 1.70. The van der Waals surface area contributed by atoms with Gasteiger partial charge in [0.2, 0.25) is 5.91 Å². The van der Waals surface area contributed by atoms with Crippen LogP contribution >= 0.6 is 22.9 Å². The van der Waals surface area contributed by atoms with Crippen LogP contribution in [0.25, 0.3) is 0 Å². The van der Waals surface area contributed by atoms with E-state index in [4.69, 9.17) is 17.3 Å². The lowest BCUT2D eigenvalue weighted by Gasteiger charge is -2.36. The molecule has 5 nitrogen and oxygen atoms in total. The second-order valence-corrected chi connectivity index (χ2v) is 6.63. The van der Waals surface area contributed by atoms with E-state index in [9.17, 15) is 9.59 Å². The molecule has 0 aliphatic heterocycles.